The van der Waals surface area contributed by atoms with E-state index in [2.05, 4.69) is 10.8 Å². The van der Waals surface area contributed by atoms with Gasteiger partial charge in [-0.1, -0.05) is 50.5 Å². The summed E-state index contributed by atoms with van der Waals surface area (Å²) in [6, 6.07) is 5.25. The fraction of sp³-hybridized carbons (Fsp3) is 0.643. The molecule has 12 heteroatoms. The number of sulfonamides is 1. The summed E-state index contributed by atoms with van der Waals surface area (Å²) < 4.78 is 40.3. The van der Waals surface area contributed by atoms with Gasteiger partial charge in [0.05, 0.1) is 47.0 Å². The summed E-state index contributed by atoms with van der Waals surface area (Å²) in [6.07, 6.45) is 10.1. The van der Waals surface area contributed by atoms with Crippen LogP contribution in [0.3, 0.4) is 0 Å². The molecule has 0 bridgehead atoms. The summed E-state index contributed by atoms with van der Waals surface area (Å²) in [5.74, 6) is -1.81. The molecule has 2 saturated carbocycles. The van der Waals surface area contributed by atoms with Gasteiger partial charge in [0.1, 0.15) is 11.4 Å². The van der Waals surface area contributed by atoms with E-state index in [1.165, 1.54) is 0 Å². The van der Waals surface area contributed by atoms with E-state index in [0.29, 0.717) is 44.3 Å². The summed E-state index contributed by atoms with van der Waals surface area (Å²) in [4.78, 5) is 63.1. The average molecular weight is 762 g/mol. The van der Waals surface area contributed by atoms with Crippen molar-refractivity contribution in [2.75, 3.05) is 13.2 Å². The highest BCUT2D eigenvalue weighted by Crippen LogP contribution is 2.58. The quantitative estimate of drug-likeness (QED) is 0.257. The molecule has 4 heterocycles. The number of carbonyl (C=O) groups excluding carboxylic acids is 4. The highest BCUT2D eigenvalue weighted by molar-refractivity contribution is 7.91. The number of aromatic nitrogens is 1. The normalized spacial score (nSPS) is 30.0. The van der Waals surface area contributed by atoms with Crippen LogP contribution >= 0.6 is 0 Å². The third kappa shape index (κ3) is 7.43. The Morgan fingerprint density at radius 1 is 1.09 bits per heavy atom. The first-order valence-electron chi connectivity index (χ1n) is 19.9. The Morgan fingerprint density at radius 3 is 2.61 bits per heavy atom. The summed E-state index contributed by atoms with van der Waals surface area (Å²) in [6.45, 7) is 9.92. The molecule has 54 heavy (non-hydrogen) atoms. The number of esters is 1. The Balaban J connectivity index is 1.23. The van der Waals surface area contributed by atoms with Gasteiger partial charge in [-0.2, -0.15) is 0 Å². The molecule has 292 valence electrons. The van der Waals surface area contributed by atoms with Crippen molar-refractivity contribution in [2.45, 2.75) is 134 Å². The van der Waals surface area contributed by atoms with Gasteiger partial charge in [-0.05, 0) is 96.1 Å². The Labute approximate surface area is 319 Å². The van der Waals surface area contributed by atoms with Gasteiger partial charge in [0, 0.05) is 29.7 Å². The molecule has 1 aromatic heterocycles. The fourth-order valence-corrected chi connectivity index (χ4v) is 10.1. The topological polar surface area (TPSA) is 149 Å². The molecule has 5 atom stereocenters. The lowest BCUT2D eigenvalue weighted by Crippen LogP contribution is -2.48. The average Bonchev–Trinajstić information content (AvgIpc) is 4.01. The molecule has 0 unspecified atom stereocenters. The van der Waals surface area contributed by atoms with Gasteiger partial charge >= 0.3 is 5.97 Å². The minimum atomic E-state index is -3.93. The molecular weight excluding hydrogens is 707 g/mol. The van der Waals surface area contributed by atoms with E-state index in [9.17, 15) is 27.6 Å². The smallest absolute Gasteiger partial charge is 0.306 e. The van der Waals surface area contributed by atoms with Crippen molar-refractivity contribution in [1.29, 1.82) is 0 Å². The molecule has 1 saturated heterocycles. The van der Waals surface area contributed by atoms with Gasteiger partial charge in [0.15, 0.2) is 5.78 Å². The summed E-state index contributed by atoms with van der Waals surface area (Å²) >= 11 is 0. The van der Waals surface area contributed by atoms with Crippen LogP contribution in [0.15, 0.2) is 30.4 Å². The largest absolute Gasteiger partial charge is 0.483 e. The highest BCUT2D eigenvalue weighted by Gasteiger charge is 2.63. The van der Waals surface area contributed by atoms with Crippen molar-refractivity contribution >= 4 is 44.5 Å². The standard InChI is InChI=1S/C42H55N3O8S/c1-26(2)24-52-36(47)20-29-11-9-7-6-8-10-12-30-21-42(30,39(49)44-54(50,51)40(5)17-18-40)23-35(46)34-22-41(25-45(34)38(29)48)16-15-31-32-19-27(3)13-14-33(32)43-28(4)37(31)53-41/h10,12-14,19,26,29-30,34H,6-9,11,15-18,20-25H2,1-5H3,(H,44,49)/b12-10-/t29-,30-,34+,41-,42-/m1/s1. The van der Waals surface area contributed by atoms with E-state index in [-0.39, 0.29) is 55.9 Å². The minimum absolute atomic E-state index is 0.0844. The zero-order chi connectivity index (χ0) is 38.6. The molecule has 11 nitrogen and oxygen atoms in total. The van der Waals surface area contributed by atoms with E-state index in [0.717, 1.165) is 53.4 Å². The number of rotatable bonds is 7. The van der Waals surface area contributed by atoms with Crippen molar-refractivity contribution in [1.82, 2.24) is 14.6 Å². The van der Waals surface area contributed by atoms with Crippen LogP contribution in [0.4, 0.5) is 0 Å². The molecule has 5 aliphatic rings. The Bertz CT molecular complexity index is 2000. The molecule has 1 spiro atoms. The van der Waals surface area contributed by atoms with Crippen molar-refractivity contribution < 1.29 is 37.1 Å². The number of carbonyl (C=O) groups is 4. The third-order valence-electron chi connectivity index (χ3n) is 12.6. The Hall–Kier alpha value is -3.80. The van der Waals surface area contributed by atoms with Crippen LogP contribution in [0.25, 0.3) is 10.9 Å². The number of Topliss-reactive ketones (excluding diaryl/α,β-unsaturated/α-hetero) is 1. The lowest BCUT2D eigenvalue weighted by atomic mass is 9.85. The number of fused-ring (bicyclic) bond motifs is 5. The lowest BCUT2D eigenvalue weighted by Gasteiger charge is -2.36. The predicted molar refractivity (Wildman–Crippen MR) is 204 cm³/mol. The first-order valence-corrected chi connectivity index (χ1v) is 21.3. The number of hydrogen-bond acceptors (Lipinski definition) is 9. The van der Waals surface area contributed by atoms with Crippen molar-refractivity contribution in [3.8, 4) is 5.75 Å². The first kappa shape index (κ1) is 38.5. The van der Waals surface area contributed by atoms with E-state index < -0.39 is 49.6 Å². The van der Waals surface area contributed by atoms with E-state index in [4.69, 9.17) is 14.5 Å². The number of aryl methyl sites for hydroxylation is 3. The number of ketones is 1. The zero-order valence-electron chi connectivity index (χ0n) is 32.4. The first-order chi connectivity index (χ1) is 25.6. The maximum absolute atomic E-state index is 14.8. The van der Waals surface area contributed by atoms with Crippen LogP contribution in [-0.2, 0) is 40.4 Å². The summed E-state index contributed by atoms with van der Waals surface area (Å²) in [7, 11) is -3.93. The number of nitrogens with zero attached hydrogens (tertiary/aromatic N) is 2. The number of pyridine rings is 1. The number of amides is 2. The molecule has 3 fully saturated rings. The van der Waals surface area contributed by atoms with Gasteiger partial charge < -0.3 is 14.4 Å². The molecule has 0 radical (unpaired) electrons. The number of hydrogen-bond donors (Lipinski definition) is 1. The van der Waals surface area contributed by atoms with Crippen LogP contribution in [0.1, 0.15) is 115 Å². The van der Waals surface area contributed by atoms with Crippen LogP contribution < -0.4 is 9.46 Å². The molecule has 1 aromatic carbocycles. The molecular formula is C42H55N3O8S. The van der Waals surface area contributed by atoms with Crippen molar-refractivity contribution in [2.24, 2.45) is 23.2 Å². The van der Waals surface area contributed by atoms with Gasteiger partial charge in [0.25, 0.3) is 0 Å². The second-order valence-electron chi connectivity index (χ2n) is 17.5. The van der Waals surface area contributed by atoms with Gasteiger partial charge in [-0.25, -0.2) is 13.4 Å². The summed E-state index contributed by atoms with van der Waals surface area (Å²) in [5.41, 5.74) is 1.69. The van der Waals surface area contributed by atoms with Crippen molar-refractivity contribution in [3.05, 3.63) is 47.2 Å². The molecule has 7 rings (SSSR count). The molecule has 1 N–H and O–H groups in total. The fourth-order valence-electron chi connectivity index (χ4n) is 8.80. The van der Waals surface area contributed by atoms with Crippen LogP contribution in [0.5, 0.6) is 5.75 Å². The van der Waals surface area contributed by atoms with E-state index in [1.54, 1.807) is 11.8 Å². The van der Waals surface area contributed by atoms with Gasteiger partial charge in [0.2, 0.25) is 21.8 Å². The van der Waals surface area contributed by atoms with Crippen LogP contribution in [-0.4, -0.2) is 71.4 Å². The Morgan fingerprint density at radius 2 is 1.87 bits per heavy atom. The van der Waals surface area contributed by atoms with Crippen LogP contribution in [0.2, 0.25) is 0 Å². The Kier molecular flexibility index (Phi) is 10.2. The molecule has 2 aromatic rings. The maximum Gasteiger partial charge on any atom is 0.306 e. The predicted octanol–water partition coefficient (Wildman–Crippen LogP) is 6.21. The monoisotopic (exact) mass is 761 g/mol. The van der Waals surface area contributed by atoms with E-state index in [1.807, 2.05) is 52.0 Å². The van der Waals surface area contributed by atoms with Gasteiger partial charge in [-0.3, -0.25) is 23.9 Å². The molecule has 2 aliphatic carbocycles. The van der Waals surface area contributed by atoms with Gasteiger partial charge in [-0.15, -0.1) is 0 Å². The second-order valence-corrected chi connectivity index (χ2v) is 19.7. The lowest BCUT2D eigenvalue weighted by molar-refractivity contribution is -0.151. The zero-order valence-corrected chi connectivity index (χ0v) is 33.2. The number of nitrogens with one attached hydrogen (secondary N) is 1. The second kappa shape index (κ2) is 14.4. The SMILES string of the molecule is Cc1ccc2nc(C)c3c(c2c1)CC[C@]1(C[C@H]2C(=O)C[C@]4(C(=O)NS(=O)(=O)C5(C)CC5)C[C@H]4/C=C\CCCCC[C@H](CC(=O)OCC(C)C)C(=O)N2C1)O3. The minimum Gasteiger partial charge on any atom is -0.483 e. The number of allylic oxidation sites excluding steroid dienone is 2. The van der Waals surface area contributed by atoms with Crippen LogP contribution in [0, 0.1) is 37.0 Å². The van der Waals surface area contributed by atoms with Crippen molar-refractivity contribution in [3.63, 3.8) is 0 Å². The molecule has 2 amide bonds. The highest BCUT2D eigenvalue weighted by atomic mass is 32.2. The third-order valence-corrected chi connectivity index (χ3v) is 14.8. The molecule has 3 aliphatic heterocycles. The number of benzene rings is 1. The van der Waals surface area contributed by atoms with E-state index >= 15 is 0 Å². The summed E-state index contributed by atoms with van der Waals surface area (Å²) in [5, 5.41) is 1.03. The maximum atomic E-state index is 14.8. The number of ether oxygens (including phenoxy) is 2.